The topological polar surface area (TPSA) is 83.7 Å². The summed E-state index contributed by atoms with van der Waals surface area (Å²) in [6.45, 7) is 6.84. The molecule has 1 saturated heterocycles. The van der Waals surface area contributed by atoms with Crippen molar-refractivity contribution in [3.05, 3.63) is 29.3 Å². The van der Waals surface area contributed by atoms with Gasteiger partial charge in [0.1, 0.15) is 0 Å². The van der Waals surface area contributed by atoms with Crippen LogP contribution in [0.1, 0.15) is 18.1 Å². The molecule has 0 unspecified atom stereocenters. The van der Waals surface area contributed by atoms with Crippen LogP contribution in [0.4, 0.5) is 0 Å². The van der Waals surface area contributed by atoms with Crippen LogP contribution in [0.2, 0.25) is 0 Å². The van der Waals surface area contributed by atoms with Crippen LogP contribution in [0.25, 0.3) is 0 Å². The van der Waals surface area contributed by atoms with Crippen molar-refractivity contribution in [2.75, 3.05) is 26.2 Å². The molecule has 1 atom stereocenters. The smallest absolute Gasteiger partial charge is 0.243 e. The van der Waals surface area contributed by atoms with Crippen LogP contribution in [0.15, 0.2) is 23.1 Å². The van der Waals surface area contributed by atoms with Gasteiger partial charge in [-0.05, 0) is 44.0 Å². The Morgan fingerprint density at radius 1 is 1.13 bits per heavy atom. The van der Waals surface area contributed by atoms with E-state index in [9.17, 15) is 13.2 Å². The Kier molecular flexibility index (Phi) is 6.59. The van der Waals surface area contributed by atoms with Crippen LogP contribution >= 0.6 is 12.4 Å². The Balaban J connectivity index is 0.00000264. The van der Waals surface area contributed by atoms with Gasteiger partial charge >= 0.3 is 0 Å². The molecule has 0 aromatic heterocycles. The standard InChI is InChI=1S/C15H23N3O3S.ClH/c1-11-4-5-14(10-12(11)2)22(20,21)18-8-6-17(7-9-18)15(19)13(3)16;/h4-5,10,13H,6-9,16H2,1-3H3;1H/t13-;/m1./s1. The van der Waals surface area contributed by atoms with Crippen molar-refractivity contribution in [3.8, 4) is 0 Å². The van der Waals surface area contributed by atoms with Gasteiger partial charge in [0, 0.05) is 26.2 Å². The molecule has 0 radical (unpaired) electrons. The first-order valence-electron chi connectivity index (χ1n) is 7.35. The summed E-state index contributed by atoms with van der Waals surface area (Å²) in [7, 11) is -3.51. The fraction of sp³-hybridized carbons (Fsp3) is 0.533. The van der Waals surface area contributed by atoms with E-state index in [0.717, 1.165) is 11.1 Å². The second-order valence-electron chi connectivity index (χ2n) is 5.76. The molecule has 1 aromatic carbocycles. The number of carbonyl (C=O) groups excluding carboxylic acids is 1. The summed E-state index contributed by atoms with van der Waals surface area (Å²) in [5.74, 6) is -0.136. The van der Waals surface area contributed by atoms with Crippen LogP contribution < -0.4 is 5.73 Å². The number of hydrogen-bond acceptors (Lipinski definition) is 4. The van der Waals surface area contributed by atoms with Gasteiger partial charge in [-0.3, -0.25) is 4.79 Å². The highest BCUT2D eigenvalue weighted by molar-refractivity contribution is 7.89. The Morgan fingerprint density at radius 3 is 2.17 bits per heavy atom. The highest BCUT2D eigenvalue weighted by Crippen LogP contribution is 2.20. The SMILES string of the molecule is Cc1ccc(S(=O)(=O)N2CCN(C(=O)[C@@H](C)N)CC2)cc1C.Cl. The van der Waals surface area contributed by atoms with E-state index in [2.05, 4.69) is 0 Å². The Bertz CT molecular complexity index is 669. The fourth-order valence-corrected chi connectivity index (χ4v) is 3.97. The minimum Gasteiger partial charge on any atom is -0.339 e. The number of amides is 1. The van der Waals surface area contributed by atoms with Crippen LogP contribution in [0.5, 0.6) is 0 Å². The number of aryl methyl sites for hydroxylation is 2. The lowest BCUT2D eigenvalue weighted by Gasteiger charge is -2.34. The zero-order valence-corrected chi connectivity index (χ0v) is 15.3. The van der Waals surface area contributed by atoms with E-state index in [-0.39, 0.29) is 18.3 Å². The molecule has 2 rings (SSSR count). The van der Waals surface area contributed by atoms with Gasteiger partial charge < -0.3 is 10.6 Å². The van der Waals surface area contributed by atoms with Gasteiger partial charge in [0.25, 0.3) is 0 Å². The third-order valence-corrected chi connectivity index (χ3v) is 5.95. The predicted octanol–water partition coefficient (Wildman–Crippen LogP) is 0.905. The molecular weight excluding hydrogens is 338 g/mol. The molecule has 2 N–H and O–H groups in total. The van der Waals surface area contributed by atoms with E-state index < -0.39 is 16.1 Å². The molecule has 1 amide bonds. The lowest BCUT2D eigenvalue weighted by atomic mass is 10.1. The average Bonchev–Trinajstić information content (AvgIpc) is 2.49. The third-order valence-electron chi connectivity index (χ3n) is 4.06. The lowest BCUT2D eigenvalue weighted by Crippen LogP contribution is -2.53. The second kappa shape index (κ2) is 7.61. The number of nitrogens with zero attached hydrogens (tertiary/aromatic N) is 2. The zero-order chi connectivity index (χ0) is 16.5. The first-order valence-corrected chi connectivity index (χ1v) is 8.79. The van der Waals surface area contributed by atoms with Gasteiger partial charge in [-0.15, -0.1) is 12.4 Å². The van der Waals surface area contributed by atoms with Gasteiger partial charge in [0.15, 0.2) is 0 Å². The molecule has 1 aliphatic rings. The van der Waals surface area contributed by atoms with Gasteiger partial charge in [-0.25, -0.2) is 8.42 Å². The van der Waals surface area contributed by atoms with E-state index in [1.54, 1.807) is 24.0 Å². The zero-order valence-electron chi connectivity index (χ0n) is 13.7. The summed E-state index contributed by atoms with van der Waals surface area (Å²) < 4.78 is 26.8. The van der Waals surface area contributed by atoms with Crippen LogP contribution in [-0.4, -0.2) is 55.8 Å². The predicted molar refractivity (Wildman–Crippen MR) is 92.2 cm³/mol. The van der Waals surface area contributed by atoms with Crippen molar-refractivity contribution >= 4 is 28.3 Å². The maximum absolute atomic E-state index is 12.7. The second-order valence-corrected chi connectivity index (χ2v) is 7.70. The van der Waals surface area contributed by atoms with Gasteiger partial charge in [0.2, 0.25) is 15.9 Å². The fourth-order valence-electron chi connectivity index (χ4n) is 2.46. The summed E-state index contributed by atoms with van der Waals surface area (Å²) >= 11 is 0. The molecule has 0 aliphatic carbocycles. The largest absolute Gasteiger partial charge is 0.339 e. The minimum atomic E-state index is -3.51. The number of carbonyl (C=O) groups is 1. The van der Waals surface area contributed by atoms with Crippen molar-refractivity contribution in [2.24, 2.45) is 5.73 Å². The molecular formula is C15H24ClN3O3S. The Morgan fingerprint density at radius 2 is 1.70 bits per heavy atom. The van der Waals surface area contributed by atoms with Gasteiger partial charge in [-0.2, -0.15) is 4.31 Å². The first-order chi connectivity index (χ1) is 10.2. The first kappa shape index (κ1) is 19.9. The molecule has 0 spiro atoms. The van der Waals surface area contributed by atoms with Gasteiger partial charge in [-0.1, -0.05) is 6.07 Å². The normalized spacial score (nSPS) is 17.5. The summed E-state index contributed by atoms with van der Waals surface area (Å²) in [5, 5.41) is 0. The van der Waals surface area contributed by atoms with E-state index >= 15 is 0 Å². The number of hydrogen-bond donors (Lipinski definition) is 1. The van der Waals surface area contributed by atoms with E-state index in [1.807, 2.05) is 19.9 Å². The Hall–Kier alpha value is -1.15. The van der Waals surface area contributed by atoms with Crippen molar-refractivity contribution in [3.63, 3.8) is 0 Å². The summed E-state index contributed by atoms with van der Waals surface area (Å²) in [6, 6.07) is 4.60. The monoisotopic (exact) mass is 361 g/mol. The number of rotatable bonds is 3. The molecule has 0 bridgehead atoms. The van der Waals surface area contributed by atoms with Crippen molar-refractivity contribution in [1.82, 2.24) is 9.21 Å². The molecule has 8 heteroatoms. The molecule has 23 heavy (non-hydrogen) atoms. The molecule has 1 fully saturated rings. The molecule has 6 nitrogen and oxygen atoms in total. The maximum Gasteiger partial charge on any atom is 0.243 e. The number of nitrogens with two attached hydrogens (primary N) is 1. The van der Waals surface area contributed by atoms with Crippen molar-refractivity contribution < 1.29 is 13.2 Å². The highest BCUT2D eigenvalue weighted by Gasteiger charge is 2.30. The minimum absolute atomic E-state index is 0. The Labute approximate surface area is 144 Å². The third kappa shape index (κ3) is 4.23. The maximum atomic E-state index is 12.7. The van der Waals surface area contributed by atoms with Crippen LogP contribution in [-0.2, 0) is 14.8 Å². The number of sulfonamides is 1. The summed E-state index contributed by atoms with van der Waals surface area (Å²) in [4.78, 5) is 13.8. The van der Waals surface area contributed by atoms with Gasteiger partial charge in [0.05, 0.1) is 10.9 Å². The molecule has 130 valence electrons. The summed E-state index contributed by atoms with van der Waals surface area (Å²) in [6.07, 6.45) is 0. The highest BCUT2D eigenvalue weighted by atomic mass is 35.5. The molecule has 1 aliphatic heterocycles. The molecule has 1 aromatic rings. The van der Waals surface area contributed by atoms with E-state index in [4.69, 9.17) is 5.73 Å². The van der Waals surface area contributed by atoms with Crippen LogP contribution in [0, 0.1) is 13.8 Å². The number of piperazine rings is 1. The summed E-state index contributed by atoms with van der Waals surface area (Å²) in [5.41, 5.74) is 7.60. The number of benzene rings is 1. The lowest BCUT2D eigenvalue weighted by molar-refractivity contribution is -0.133. The molecule has 1 heterocycles. The van der Waals surface area contributed by atoms with E-state index in [0.29, 0.717) is 31.1 Å². The van der Waals surface area contributed by atoms with Crippen molar-refractivity contribution in [1.29, 1.82) is 0 Å². The van der Waals surface area contributed by atoms with Crippen LogP contribution in [0.3, 0.4) is 0 Å². The quantitative estimate of drug-likeness (QED) is 0.867. The number of halogens is 1. The average molecular weight is 362 g/mol. The van der Waals surface area contributed by atoms with E-state index in [1.165, 1.54) is 4.31 Å². The molecule has 0 saturated carbocycles. The van der Waals surface area contributed by atoms with Crippen molar-refractivity contribution in [2.45, 2.75) is 31.7 Å².